The Morgan fingerprint density at radius 1 is 0.900 bits per heavy atom. The van der Waals surface area contributed by atoms with E-state index in [4.69, 9.17) is 0 Å². The molecule has 0 aliphatic heterocycles. The van der Waals surface area contributed by atoms with Gasteiger partial charge in [0.1, 0.15) is 0 Å². The van der Waals surface area contributed by atoms with Crippen molar-refractivity contribution in [3.8, 4) is 0 Å². The van der Waals surface area contributed by atoms with E-state index in [1.807, 2.05) is 0 Å². The zero-order valence-corrected chi connectivity index (χ0v) is 10.6. The average Bonchev–Trinajstić information content (AvgIpc) is 1.91. The average molecular weight is 194 g/mol. The molecule has 0 amide bonds. The van der Waals surface area contributed by atoms with Crippen LogP contribution in [0.5, 0.6) is 0 Å². The van der Waals surface area contributed by atoms with E-state index in [1.165, 1.54) is 19.3 Å². The molecule has 0 aliphatic carbocycles. The summed E-state index contributed by atoms with van der Waals surface area (Å²) in [6.45, 7) is 11.6. The SMILES string of the molecule is [CH2-]CCC.[CH2-]CCCC.[Zn+2]. The first-order valence-electron chi connectivity index (χ1n) is 3.91. The number of hydrogen-bond donors (Lipinski definition) is 0. The predicted molar refractivity (Wildman–Crippen MR) is 45.1 cm³/mol. The number of unbranched alkanes of at least 4 members (excludes halogenated alkanes) is 3. The Bertz CT molecular complexity index is 23.9. The summed E-state index contributed by atoms with van der Waals surface area (Å²) in [4.78, 5) is 0. The van der Waals surface area contributed by atoms with Crippen molar-refractivity contribution >= 4 is 0 Å². The monoisotopic (exact) mass is 192 g/mol. The molecule has 0 radical (unpaired) electrons. The molecule has 0 saturated heterocycles. The minimum absolute atomic E-state index is 0. The minimum Gasteiger partial charge on any atom is -0.343 e. The maximum Gasteiger partial charge on any atom is 2.00 e. The van der Waals surface area contributed by atoms with Gasteiger partial charge >= 0.3 is 19.5 Å². The van der Waals surface area contributed by atoms with Crippen LogP contribution in [0.2, 0.25) is 0 Å². The van der Waals surface area contributed by atoms with Crippen LogP contribution in [0, 0.1) is 13.8 Å². The molecule has 0 rings (SSSR count). The Hall–Kier alpha value is 0.623. The molecule has 0 aromatic carbocycles. The molecule has 0 fully saturated rings. The molecular formula is C9H20Zn. The Kier molecular flexibility index (Phi) is 38.3. The van der Waals surface area contributed by atoms with Gasteiger partial charge < -0.3 is 13.8 Å². The van der Waals surface area contributed by atoms with Crippen LogP contribution in [0.3, 0.4) is 0 Å². The van der Waals surface area contributed by atoms with Crippen LogP contribution < -0.4 is 0 Å². The quantitative estimate of drug-likeness (QED) is 0.474. The molecule has 0 atom stereocenters. The van der Waals surface area contributed by atoms with E-state index < -0.39 is 0 Å². The molecule has 0 heterocycles. The standard InChI is InChI=1S/C5H11.C4H9.Zn/c1-3-5-4-2;1-3-4-2;/h1,3-5H2,2H3;1,3-4H2,2H3;/q2*-1;+2. The van der Waals surface area contributed by atoms with Crippen molar-refractivity contribution in [2.24, 2.45) is 0 Å². The third-order valence-electron chi connectivity index (χ3n) is 0.957. The summed E-state index contributed by atoms with van der Waals surface area (Å²) in [5, 5.41) is 0. The minimum atomic E-state index is 0. The zero-order chi connectivity index (χ0) is 7.54. The molecule has 0 N–H and O–H groups in total. The fourth-order valence-corrected chi connectivity index (χ4v) is 0.250. The molecule has 0 aromatic rings. The summed E-state index contributed by atoms with van der Waals surface area (Å²) < 4.78 is 0. The molecule has 1 heteroatoms. The topological polar surface area (TPSA) is 0 Å². The summed E-state index contributed by atoms with van der Waals surface area (Å²) >= 11 is 0. The number of hydrogen-bond acceptors (Lipinski definition) is 0. The largest absolute Gasteiger partial charge is 2.00 e. The first-order chi connectivity index (χ1) is 4.33. The van der Waals surface area contributed by atoms with Crippen molar-refractivity contribution in [2.75, 3.05) is 0 Å². The smallest absolute Gasteiger partial charge is 0.343 e. The molecule has 10 heavy (non-hydrogen) atoms. The van der Waals surface area contributed by atoms with Gasteiger partial charge in [0.05, 0.1) is 0 Å². The second-order valence-corrected chi connectivity index (χ2v) is 2.06. The van der Waals surface area contributed by atoms with Crippen LogP contribution in [-0.2, 0) is 19.5 Å². The van der Waals surface area contributed by atoms with Gasteiger partial charge in [-0.1, -0.05) is 33.1 Å². The normalized spacial score (nSPS) is 7.20. The molecule has 58 valence electrons. The maximum atomic E-state index is 3.68. The van der Waals surface area contributed by atoms with E-state index in [2.05, 4.69) is 27.7 Å². The summed E-state index contributed by atoms with van der Waals surface area (Å²) in [5.41, 5.74) is 0. The molecule has 0 saturated carbocycles. The second kappa shape index (κ2) is 22.6. The van der Waals surface area contributed by atoms with E-state index in [0.717, 1.165) is 12.8 Å². The molecule has 0 unspecified atom stereocenters. The van der Waals surface area contributed by atoms with E-state index in [0.29, 0.717) is 0 Å². The Morgan fingerprint density at radius 2 is 1.30 bits per heavy atom. The van der Waals surface area contributed by atoms with Gasteiger partial charge in [0.2, 0.25) is 0 Å². The van der Waals surface area contributed by atoms with Gasteiger partial charge in [-0.2, -0.15) is 12.8 Å². The number of rotatable bonds is 3. The first kappa shape index (κ1) is 16.9. The maximum absolute atomic E-state index is 3.68. The molecule has 0 spiro atoms. The van der Waals surface area contributed by atoms with E-state index in [9.17, 15) is 0 Å². The second-order valence-electron chi connectivity index (χ2n) is 2.06. The van der Waals surface area contributed by atoms with Gasteiger partial charge in [-0.3, -0.25) is 0 Å². The van der Waals surface area contributed by atoms with Crippen molar-refractivity contribution in [3.05, 3.63) is 13.8 Å². The zero-order valence-electron chi connectivity index (χ0n) is 7.66. The van der Waals surface area contributed by atoms with Gasteiger partial charge in [-0.25, -0.2) is 0 Å². The summed E-state index contributed by atoms with van der Waals surface area (Å²) in [7, 11) is 0. The van der Waals surface area contributed by atoms with Crippen molar-refractivity contribution in [1.82, 2.24) is 0 Å². The fraction of sp³-hybridized carbons (Fsp3) is 0.778. The van der Waals surface area contributed by atoms with Crippen molar-refractivity contribution in [1.29, 1.82) is 0 Å². The van der Waals surface area contributed by atoms with Gasteiger partial charge in [0, 0.05) is 0 Å². The van der Waals surface area contributed by atoms with Crippen molar-refractivity contribution < 1.29 is 19.5 Å². The van der Waals surface area contributed by atoms with Crippen LogP contribution in [0.4, 0.5) is 0 Å². The van der Waals surface area contributed by atoms with Crippen LogP contribution in [-0.4, -0.2) is 0 Å². The summed E-state index contributed by atoms with van der Waals surface area (Å²) in [6, 6.07) is 0. The van der Waals surface area contributed by atoms with Gasteiger partial charge in [-0.05, 0) is 0 Å². The van der Waals surface area contributed by atoms with E-state index in [1.54, 1.807) is 0 Å². The Morgan fingerprint density at radius 3 is 1.30 bits per heavy atom. The predicted octanol–water partition coefficient (Wildman–Crippen LogP) is 3.63. The molecular weight excluding hydrogens is 173 g/mol. The molecule has 0 aromatic heterocycles. The summed E-state index contributed by atoms with van der Waals surface area (Å²) in [6.07, 6.45) is 5.93. The van der Waals surface area contributed by atoms with E-state index in [-0.39, 0.29) is 19.5 Å². The first-order valence-corrected chi connectivity index (χ1v) is 3.91. The van der Waals surface area contributed by atoms with Crippen LogP contribution in [0.1, 0.15) is 46.0 Å². The van der Waals surface area contributed by atoms with Crippen molar-refractivity contribution in [2.45, 2.75) is 46.0 Å². The van der Waals surface area contributed by atoms with Crippen LogP contribution >= 0.6 is 0 Å². The molecule has 0 nitrogen and oxygen atoms in total. The fourth-order valence-electron chi connectivity index (χ4n) is 0.250. The Labute approximate surface area is 79.5 Å². The summed E-state index contributed by atoms with van der Waals surface area (Å²) in [5.74, 6) is 0. The van der Waals surface area contributed by atoms with Gasteiger partial charge in [-0.15, -0.1) is 0 Å². The van der Waals surface area contributed by atoms with Gasteiger partial charge in [0.25, 0.3) is 0 Å². The van der Waals surface area contributed by atoms with Crippen LogP contribution in [0.25, 0.3) is 0 Å². The van der Waals surface area contributed by atoms with Gasteiger partial charge in [0.15, 0.2) is 0 Å². The third-order valence-corrected chi connectivity index (χ3v) is 0.957. The molecule has 0 aliphatic rings. The van der Waals surface area contributed by atoms with Crippen LogP contribution in [0.15, 0.2) is 0 Å². The van der Waals surface area contributed by atoms with Crippen molar-refractivity contribution in [3.63, 3.8) is 0 Å². The van der Waals surface area contributed by atoms with E-state index >= 15 is 0 Å². The Balaban J connectivity index is -0.0000000910. The molecule has 0 bridgehead atoms. The third kappa shape index (κ3) is 38.2.